The third kappa shape index (κ3) is 4.96. The summed E-state index contributed by atoms with van der Waals surface area (Å²) in [6.45, 7) is 0.109. The summed E-state index contributed by atoms with van der Waals surface area (Å²) in [7, 11) is 1.64. The van der Waals surface area contributed by atoms with Gasteiger partial charge in [-0.25, -0.2) is 4.39 Å². The minimum Gasteiger partial charge on any atom is -0.461 e. The SMILES string of the molecule is CN(Cc1c(F)cccc1Cl)C(=O)CSc1nnc(-c2ccco2)n1C1CCCCC1. The van der Waals surface area contributed by atoms with E-state index in [1.165, 1.54) is 29.1 Å². The van der Waals surface area contributed by atoms with Gasteiger partial charge in [0.1, 0.15) is 5.82 Å². The van der Waals surface area contributed by atoms with E-state index in [9.17, 15) is 9.18 Å². The lowest BCUT2D eigenvalue weighted by molar-refractivity contribution is -0.127. The van der Waals surface area contributed by atoms with E-state index in [2.05, 4.69) is 14.8 Å². The average Bonchev–Trinajstić information content (AvgIpc) is 3.45. The van der Waals surface area contributed by atoms with Gasteiger partial charge in [-0.15, -0.1) is 10.2 Å². The molecule has 31 heavy (non-hydrogen) atoms. The van der Waals surface area contributed by atoms with Gasteiger partial charge in [-0.05, 0) is 37.1 Å². The van der Waals surface area contributed by atoms with Crippen LogP contribution in [0.1, 0.15) is 43.7 Å². The van der Waals surface area contributed by atoms with E-state index in [4.69, 9.17) is 16.0 Å². The summed E-state index contributed by atoms with van der Waals surface area (Å²) < 4.78 is 21.7. The van der Waals surface area contributed by atoms with E-state index in [1.54, 1.807) is 25.4 Å². The second kappa shape index (κ2) is 9.87. The van der Waals surface area contributed by atoms with Gasteiger partial charge in [-0.2, -0.15) is 0 Å². The average molecular weight is 463 g/mol. The molecule has 1 amide bonds. The molecule has 0 spiro atoms. The maximum atomic E-state index is 14.1. The number of aromatic nitrogens is 3. The van der Waals surface area contributed by atoms with Crippen molar-refractivity contribution in [2.45, 2.75) is 49.8 Å². The van der Waals surface area contributed by atoms with Crippen LogP contribution in [0.2, 0.25) is 5.02 Å². The number of nitrogens with zero attached hydrogens (tertiary/aromatic N) is 4. The van der Waals surface area contributed by atoms with Crippen LogP contribution in [-0.4, -0.2) is 38.4 Å². The predicted octanol–water partition coefficient (Wildman–Crippen LogP) is 5.59. The van der Waals surface area contributed by atoms with Crippen molar-refractivity contribution in [3.8, 4) is 11.6 Å². The normalized spacial score (nSPS) is 14.7. The Balaban J connectivity index is 1.48. The first kappa shape index (κ1) is 21.9. The Morgan fingerprint density at radius 1 is 1.26 bits per heavy atom. The highest BCUT2D eigenvalue weighted by Crippen LogP contribution is 2.35. The molecule has 1 fully saturated rings. The lowest BCUT2D eigenvalue weighted by atomic mass is 9.95. The molecule has 9 heteroatoms. The molecule has 1 saturated carbocycles. The second-order valence-electron chi connectivity index (χ2n) is 7.68. The molecule has 164 valence electrons. The Hall–Kier alpha value is -2.32. The third-order valence-corrected chi connectivity index (χ3v) is 6.84. The number of hydrogen-bond donors (Lipinski definition) is 0. The molecule has 0 N–H and O–H groups in total. The molecular weight excluding hydrogens is 439 g/mol. The lowest BCUT2D eigenvalue weighted by Crippen LogP contribution is -2.28. The van der Waals surface area contributed by atoms with Crippen LogP contribution in [0.3, 0.4) is 0 Å². The standard InChI is InChI=1S/C22H24ClFN4O2S/c1-27(13-16-17(23)9-5-10-18(16)24)20(29)14-31-22-26-25-21(19-11-6-12-30-19)28(22)15-7-3-2-4-8-15/h5-6,9-12,15H,2-4,7-8,13-14H2,1H3. The summed E-state index contributed by atoms with van der Waals surface area (Å²) in [6, 6.07) is 8.50. The highest BCUT2D eigenvalue weighted by molar-refractivity contribution is 7.99. The number of carbonyl (C=O) groups is 1. The first-order valence-corrected chi connectivity index (χ1v) is 11.7. The number of amides is 1. The molecule has 0 aliphatic heterocycles. The summed E-state index contributed by atoms with van der Waals surface area (Å²) in [6.07, 6.45) is 7.29. The van der Waals surface area contributed by atoms with Gasteiger partial charge in [0.2, 0.25) is 11.7 Å². The molecule has 6 nitrogen and oxygen atoms in total. The van der Waals surface area contributed by atoms with E-state index < -0.39 is 5.82 Å². The van der Waals surface area contributed by atoms with Crippen molar-refractivity contribution in [2.75, 3.05) is 12.8 Å². The number of halogens is 2. The van der Waals surface area contributed by atoms with Crippen LogP contribution >= 0.6 is 23.4 Å². The van der Waals surface area contributed by atoms with Gasteiger partial charge >= 0.3 is 0 Å². The van der Waals surface area contributed by atoms with Gasteiger partial charge in [-0.1, -0.05) is 48.7 Å². The molecule has 2 heterocycles. The molecule has 0 radical (unpaired) electrons. The Bertz CT molecular complexity index is 1010. The van der Waals surface area contributed by atoms with Crippen molar-refractivity contribution in [3.05, 3.63) is 53.0 Å². The van der Waals surface area contributed by atoms with E-state index in [-0.39, 0.29) is 24.2 Å². The van der Waals surface area contributed by atoms with Crippen LogP contribution < -0.4 is 0 Å². The van der Waals surface area contributed by atoms with E-state index >= 15 is 0 Å². The fourth-order valence-electron chi connectivity index (χ4n) is 3.86. The van der Waals surface area contributed by atoms with E-state index in [1.807, 2.05) is 12.1 Å². The molecule has 0 unspecified atom stereocenters. The monoisotopic (exact) mass is 462 g/mol. The maximum Gasteiger partial charge on any atom is 0.233 e. The van der Waals surface area contributed by atoms with Gasteiger partial charge < -0.3 is 9.32 Å². The second-order valence-corrected chi connectivity index (χ2v) is 9.03. The van der Waals surface area contributed by atoms with Crippen LogP contribution in [0.15, 0.2) is 46.2 Å². The predicted molar refractivity (Wildman–Crippen MR) is 118 cm³/mol. The highest BCUT2D eigenvalue weighted by Gasteiger charge is 2.26. The van der Waals surface area contributed by atoms with Crippen molar-refractivity contribution >= 4 is 29.3 Å². The summed E-state index contributed by atoms with van der Waals surface area (Å²) in [5.74, 6) is 0.980. The van der Waals surface area contributed by atoms with Gasteiger partial charge in [-0.3, -0.25) is 9.36 Å². The molecule has 0 saturated heterocycles. The minimum absolute atomic E-state index is 0.109. The molecule has 0 atom stereocenters. The van der Waals surface area contributed by atoms with Gasteiger partial charge in [0.05, 0.1) is 12.0 Å². The van der Waals surface area contributed by atoms with Crippen molar-refractivity contribution < 1.29 is 13.6 Å². The Labute approximate surface area is 189 Å². The van der Waals surface area contributed by atoms with Gasteiger partial charge in [0.15, 0.2) is 10.9 Å². The molecule has 1 aliphatic rings. The maximum absolute atomic E-state index is 14.1. The zero-order chi connectivity index (χ0) is 21.8. The summed E-state index contributed by atoms with van der Waals surface area (Å²) in [5.41, 5.74) is 0.315. The van der Waals surface area contributed by atoms with Crippen LogP contribution in [0.5, 0.6) is 0 Å². The number of thioether (sulfide) groups is 1. The minimum atomic E-state index is -0.417. The third-order valence-electron chi connectivity index (χ3n) is 5.55. The smallest absolute Gasteiger partial charge is 0.233 e. The van der Waals surface area contributed by atoms with Crippen molar-refractivity contribution in [2.24, 2.45) is 0 Å². The first-order valence-electron chi connectivity index (χ1n) is 10.3. The van der Waals surface area contributed by atoms with Gasteiger partial charge in [0.25, 0.3) is 0 Å². The molecule has 1 aliphatic carbocycles. The Morgan fingerprint density at radius 2 is 2.06 bits per heavy atom. The topological polar surface area (TPSA) is 64.2 Å². The zero-order valence-electron chi connectivity index (χ0n) is 17.3. The number of carbonyl (C=O) groups excluding carboxylic acids is 1. The fourth-order valence-corrected chi connectivity index (χ4v) is 5.03. The largest absolute Gasteiger partial charge is 0.461 e. The summed E-state index contributed by atoms with van der Waals surface area (Å²) in [4.78, 5) is 14.2. The molecular formula is C22H24ClFN4O2S. The Kier molecular flexibility index (Phi) is 6.97. The van der Waals surface area contributed by atoms with Crippen LogP contribution in [0.4, 0.5) is 4.39 Å². The van der Waals surface area contributed by atoms with Crippen molar-refractivity contribution in [1.82, 2.24) is 19.7 Å². The van der Waals surface area contributed by atoms with Crippen molar-refractivity contribution in [1.29, 1.82) is 0 Å². The molecule has 4 rings (SSSR count). The van der Waals surface area contributed by atoms with Crippen molar-refractivity contribution in [3.63, 3.8) is 0 Å². The Morgan fingerprint density at radius 3 is 2.77 bits per heavy atom. The van der Waals surface area contributed by atoms with Gasteiger partial charge in [0, 0.05) is 30.2 Å². The first-order chi connectivity index (χ1) is 15.0. The zero-order valence-corrected chi connectivity index (χ0v) is 18.8. The number of furan rings is 1. The fraction of sp³-hybridized carbons (Fsp3) is 0.409. The van der Waals surface area contributed by atoms with Crippen LogP contribution in [0, 0.1) is 5.82 Å². The molecule has 0 bridgehead atoms. The van der Waals surface area contributed by atoms with E-state index in [0.717, 1.165) is 25.7 Å². The van der Waals surface area contributed by atoms with Crippen LogP contribution in [0.25, 0.3) is 11.6 Å². The highest BCUT2D eigenvalue weighted by atomic mass is 35.5. The van der Waals surface area contributed by atoms with E-state index in [0.29, 0.717) is 27.3 Å². The quantitative estimate of drug-likeness (QED) is 0.428. The molecule has 1 aromatic carbocycles. The molecule has 2 aromatic heterocycles. The molecule has 3 aromatic rings. The van der Waals surface area contributed by atoms with Crippen LogP contribution in [-0.2, 0) is 11.3 Å². The summed E-state index contributed by atoms with van der Waals surface area (Å²) in [5, 5.41) is 9.72. The lowest BCUT2D eigenvalue weighted by Gasteiger charge is -2.25. The number of benzene rings is 1. The number of hydrogen-bond acceptors (Lipinski definition) is 5. The number of rotatable bonds is 7. The summed E-state index contributed by atoms with van der Waals surface area (Å²) >= 11 is 7.44.